The lowest BCUT2D eigenvalue weighted by Crippen LogP contribution is -2.35. The zero-order valence-electron chi connectivity index (χ0n) is 8.67. The maximum absolute atomic E-state index is 5.56. The van der Waals surface area contributed by atoms with Gasteiger partial charge in [-0.25, -0.2) is 0 Å². The Kier molecular flexibility index (Phi) is 5.83. The third-order valence-corrected chi connectivity index (χ3v) is 4.01. The monoisotopic (exact) mass is 202 g/mol. The van der Waals surface area contributed by atoms with Crippen LogP contribution in [0.5, 0.6) is 0 Å². The summed E-state index contributed by atoms with van der Waals surface area (Å²) in [5, 5.41) is 0.875. The number of thioether (sulfide) groups is 1. The van der Waals surface area contributed by atoms with Gasteiger partial charge < -0.3 is 10.6 Å². The van der Waals surface area contributed by atoms with E-state index in [4.69, 9.17) is 5.73 Å². The van der Waals surface area contributed by atoms with Crippen LogP contribution < -0.4 is 5.73 Å². The highest BCUT2D eigenvalue weighted by Crippen LogP contribution is 2.25. The van der Waals surface area contributed by atoms with E-state index in [1.54, 1.807) is 0 Å². The van der Waals surface area contributed by atoms with Gasteiger partial charge in [0.05, 0.1) is 0 Å². The second-order valence-electron chi connectivity index (χ2n) is 3.67. The summed E-state index contributed by atoms with van der Waals surface area (Å²) in [4.78, 5) is 2.48. The molecule has 0 aliphatic carbocycles. The molecule has 0 radical (unpaired) electrons. The normalized spacial score (nSPS) is 23.8. The van der Waals surface area contributed by atoms with Crippen molar-refractivity contribution in [1.29, 1.82) is 0 Å². The fourth-order valence-electron chi connectivity index (χ4n) is 1.80. The molecule has 78 valence electrons. The van der Waals surface area contributed by atoms with Crippen molar-refractivity contribution < 1.29 is 0 Å². The SMILES string of the molecule is CCN(CCN)CC1CCCCS1. The molecule has 0 spiro atoms. The van der Waals surface area contributed by atoms with Crippen molar-refractivity contribution in [2.75, 3.05) is 31.9 Å². The summed E-state index contributed by atoms with van der Waals surface area (Å²) in [6.07, 6.45) is 4.26. The first-order valence-corrected chi connectivity index (χ1v) is 6.45. The van der Waals surface area contributed by atoms with Crippen LogP contribution in [0.4, 0.5) is 0 Å². The number of nitrogens with zero attached hydrogens (tertiary/aromatic N) is 1. The molecule has 0 amide bonds. The maximum atomic E-state index is 5.56. The third-order valence-electron chi connectivity index (χ3n) is 2.63. The second-order valence-corrected chi connectivity index (χ2v) is 5.08. The smallest absolute Gasteiger partial charge is 0.0175 e. The highest BCUT2D eigenvalue weighted by molar-refractivity contribution is 7.99. The van der Waals surface area contributed by atoms with E-state index in [-0.39, 0.29) is 0 Å². The average Bonchev–Trinajstić information content (AvgIpc) is 2.19. The van der Waals surface area contributed by atoms with Crippen molar-refractivity contribution >= 4 is 11.8 Å². The first-order chi connectivity index (χ1) is 6.36. The van der Waals surface area contributed by atoms with Gasteiger partial charge in [-0.05, 0) is 25.1 Å². The standard InChI is InChI=1S/C10H22N2S/c1-2-12(7-6-11)9-10-5-3-4-8-13-10/h10H,2-9,11H2,1H3. The minimum Gasteiger partial charge on any atom is -0.329 e. The molecular formula is C10H22N2S. The minimum atomic E-state index is 0.797. The number of rotatable bonds is 5. The van der Waals surface area contributed by atoms with Crippen molar-refractivity contribution in [2.45, 2.75) is 31.4 Å². The van der Waals surface area contributed by atoms with Crippen LogP contribution in [0.2, 0.25) is 0 Å². The van der Waals surface area contributed by atoms with E-state index in [1.165, 1.54) is 31.6 Å². The van der Waals surface area contributed by atoms with E-state index >= 15 is 0 Å². The number of nitrogens with two attached hydrogens (primary N) is 1. The molecule has 1 heterocycles. The molecular weight excluding hydrogens is 180 g/mol. The van der Waals surface area contributed by atoms with Crippen LogP contribution in [0.25, 0.3) is 0 Å². The Bertz CT molecular complexity index is 121. The Morgan fingerprint density at radius 3 is 2.85 bits per heavy atom. The van der Waals surface area contributed by atoms with Gasteiger partial charge in [0.25, 0.3) is 0 Å². The van der Waals surface area contributed by atoms with Gasteiger partial charge in [0.15, 0.2) is 0 Å². The maximum Gasteiger partial charge on any atom is 0.0175 e. The minimum absolute atomic E-state index is 0.797. The molecule has 13 heavy (non-hydrogen) atoms. The lowest BCUT2D eigenvalue weighted by atomic mass is 10.2. The van der Waals surface area contributed by atoms with Crippen LogP contribution in [-0.4, -0.2) is 42.1 Å². The van der Waals surface area contributed by atoms with E-state index in [9.17, 15) is 0 Å². The highest BCUT2D eigenvalue weighted by atomic mass is 32.2. The summed E-state index contributed by atoms with van der Waals surface area (Å²) in [5.41, 5.74) is 5.56. The van der Waals surface area contributed by atoms with Gasteiger partial charge in [0.2, 0.25) is 0 Å². The van der Waals surface area contributed by atoms with Crippen molar-refractivity contribution in [3.05, 3.63) is 0 Å². The predicted octanol–water partition coefficient (Wildman–Crippen LogP) is 1.55. The molecule has 0 aromatic carbocycles. The van der Waals surface area contributed by atoms with Gasteiger partial charge in [0.1, 0.15) is 0 Å². The third kappa shape index (κ3) is 4.34. The fourth-order valence-corrected chi connectivity index (χ4v) is 3.15. The molecule has 0 aromatic heterocycles. The molecule has 1 saturated heterocycles. The summed E-state index contributed by atoms with van der Waals surface area (Å²) in [5.74, 6) is 1.37. The molecule has 1 atom stereocenters. The van der Waals surface area contributed by atoms with Crippen molar-refractivity contribution in [2.24, 2.45) is 5.73 Å². The molecule has 1 aliphatic rings. The van der Waals surface area contributed by atoms with Crippen molar-refractivity contribution in [3.63, 3.8) is 0 Å². The molecule has 2 nitrogen and oxygen atoms in total. The van der Waals surface area contributed by atoms with Crippen molar-refractivity contribution in [1.82, 2.24) is 4.90 Å². The molecule has 0 aromatic rings. The molecule has 2 N–H and O–H groups in total. The van der Waals surface area contributed by atoms with Crippen molar-refractivity contribution in [3.8, 4) is 0 Å². The van der Waals surface area contributed by atoms with Gasteiger partial charge in [0, 0.05) is 24.9 Å². The summed E-state index contributed by atoms with van der Waals surface area (Å²) in [7, 11) is 0. The van der Waals surface area contributed by atoms with E-state index < -0.39 is 0 Å². The lowest BCUT2D eigenvalue weighted by Gasteiger charge is -2.28. The van der Waals surface area contributed by atoms with E-state index in [2.05, 4.69) is 23.6 Å². The molecule has 1 fully saturated rings. The number of likely N-dealkylation sites (N-methyl/N-ethyl adjacent to an activating group) is 1. The fraction of sp³-hybridized carbons (Fsp3) is 1.00. The average molecular weight is 202 g/mol. The molecule has 0 bridgehead atoms. The van der Waals surface area contributed by atoms with Crippen LogP contribution in [0, 0.1) is 0 Å². The van der Waals surface area contributed by atoms with Gasteiger partial charge >= 0.3 is 0 Å². The van der Waals surface area contributed by atoms with Gasteiger partial charge in [-0.3, -0.25) is 0 Å². The second kappa shape index (κ2) is 6.68. The predicted molar refractivity (Wildman–Crippen MR) is 61.3 cm³/mol. The van der Waals surface area contributed by atoms with Crippen LogP contribution in [0.1, 0.15) is 26.2 Å². The van der Waals surface area contributed by atoms with Crippen LogP contribution in [-0.2, 0) is 0 Å². The zero-order valence-corrected chi connectivity index (χ0v) is 9.48. The first-order valence-electron chi connectivity index (χ1n) is 5.40. The largest absolute Gasteiger partial charge is 0.329 e. The molecule has 0 saturated carbocycles. The summed E-state index contributed by atoms with van der Waals surface area (Å²) in [6.45, 7) is 6.48. The Balaban J connectivity index is 2.18. The Morgan fingerprint density at radius 1 is 1.46 bits per heavy atom. The molecule has 1 aliphatic heterocycles. The Hall–Kier alpha value is 0.270. The van der Waals surface area contributed by atoms with E-state index in [1.807, 2.05) is 0 Å². The van der Waals surface area contributed by atoms with Crippen LogP contribution in [0.15, 0.2) is 0 Å². The van der Waals surface area contributed by atoms with Gasteiger partial charge in [-0.1, -0.05) is 13.3 Å². The quantitative estimate of drug-likeness (QED) is 0.733. The topological polar surface area (TPSA) is 29.3 Å². The number of hydrogen-bond donors (Lipinski definition) is 1. The molecule has 1 rings (SSSR count). The van der Waals surface area contributed by atoms with Crippen LogP contribution in [0.3, 0.4) is 0 Å². The lowest BCUT2D eigenvalue weighted by molar-refractivity contribution is 0.291. The van der Waals surface area contributed by atoms with Crippen LogP contribution >= 0.6 is 11.8 Å². The summed E-state index contributed by atoms with van der Waals surface area (Å²) in [6, 6.07) is 0. The highest BCUT2D eigenvalue weighted by Gasteiger charge is 2.16. The number of hydrogen-bond acceptors (Lipinski definition) is 3. The Morgan fingerprint density at radius 2 is 2.31 bits per heavy atom. The first kappa shape index (κ1) is 11.3. The summed E-state index contributed by atoms with van der Waals surface area (Å²) < 4.78 is 0. The molecule has 3 heteroatoms. The van der Waals surface area contributed by atoms with Gasteiger partial charge in [-0.15, -0.1) is 0 Å². The van der Waals surface area contributed by atoms with Gasteiger partial charge in [-0.2, -0.15) is 11.8 Å². The molecule has 1 unspecified atom stereocenters. The summed E-state index contributed by atoms with van der Waals surface area (Å²) >= 11 is 2.15. The zero-order chi connectivity index (χ0) is 9.52. The van der Waals surface area contributed by atoms with E-state index in [0.29, 0.717) is 0 Å². The Labute approximate surface area is 86.2 Å². The van der Waals surface area contributed by atoms with E-state index in [0.717, 1.165) is 24.9 Å².